The summed E-state index contributed by atoms with van der Waals surface area (Å²) in [6, 6.07) is 8.75. The van der Waals surface area contributed by atoms with Crippen molar-refractivity contribution in [3.05, 3.63) is 59.1 Å². The van der Waals surface area contributed by atoms with Crippen molar-refractivity contribution < 1.29 is 5.11 Å². The van der Waals surface area contributed by atoms with E-state index in [1.54, 1.807) is 11.3 Å². The standard InChI is InChI=1S/C22H28N4OS/c1-15(2)16-4-6-17(7-5-16)22-24-19(13-28-22)10-26-9-18(12-27)20(11-26)21-8-23-14-25(21)3/h4-8,13-15,18,20,27H,9-12H2,1-3H3/t18-,20+/m0/s1. The lowest BCUT2D eigenvalue weighted by molar-refractivity contribution is 0.212. The molecule has 3 aromatic rings. The average Bonchev–Trinajstić information content (AvgIpc) is 3.41. The largest absolute Gasteiger partial charge is 0.396 e. The van der Waals surface area contributed by atoms with Crippen LogP contribution in [0.4, 0.5) is 0 Å². The normalized spacial score (nSPS) is 20.3. The molecule has 5 nitrogen and oxygen atoms in total. The fourth-order valence-corrected chi connectivity index (χ4v) is 4.90. The average molecular weight is 397 g/mol. The van der Waals surface area contributed by atoms with Crippen LogP contribution in [-0.2, 0) is 13.6 Å². The van der Waals surface area contributed by atoms with Gasteiger partial charge < -0.3 is 9.67 Å². The first-order chi connectivity index (χ1) is 13.5. The first-order valence-electron chi connectivity index (χ1n) is 9.89. The Hall–Kier alpha value is -2.02. The maximum Gasteiger partial charge on any atom is 0.123 e. The molecule has 2 atom stereocenters. The number of aromatic nitrogens is 3. The van der Waals surface area contributed by atoms with Crippen molar-refractivity contribution in [2.75, 3.05) is 19.7 Å². The molecule has 0 spiro atoms. The van der Waals surface area contributed by atoms with Crippen molar-refractivity contribution in [3.63, 3.8) is 0 Å². The molecule has 1 fully saturated rings. The van der Waals surface area contributed by atoms with Crippen molar-refractivity contribution in [2.24, 2.45) is 13.0 Å². The van der Waals surface area contributed by atoms with E-state index in [1.807, 2.05) is 19.6 Å². The van der Waals surface area contributed by atoms with E-state index in [0.29, 0.717) is 11.8 Å². The predicted molar refractivity (Wildman–Crippen MR) is 113 cm³/mol. The van der Waals surface area contributed by atoms with E-state index in [0.717, 1.165) is 30.3 Å². The fourth-order valence-electron chi connectivity index (χ4n) is 4.09. The number of hydrogen-bond donors (Lipinski definition) is 1. The van der Waals surface area contributed by atoms with E-state index in [2.05, 4.69) is 57.9 Å². The summed E-state index contributed by atoms with van der Waals surface area (Å²) in [6.07, 6.45) is 3.77. The summed E-state index contributed by atoms with van der Waals surface area (Å²) in [6.45, 7) is 7.28. The van der Waals surface area contributed by atoms with Gasteiger partial charge in [-0.25, -0.2) is 9.97 Å². The maximum atomic E-state index is 9.85. The second kappa shape index (κ2) is 8.15. The highest BCUT2D eigenvalue weighted by atomic mass is 32.1. The van der Waals surface area contributed by atoms with Crippen LogP contribution in [0, 0.1) is 5.92 Å². The summed E-state index contributed by atoms with van der Waals surface area (Å²) in [4.78, 5) is 11.5. The van der Waals surface area contributed by atoms with Crippen LogP contribution < -0.4 is 0 Å². The highest BCUT2D eigenvalue weighted by Gasteiger charge is 2.35. The van der Waals surface area contributed by atoms with Crippen molar-refractivity contribution in [1.29, 1.82) is 0 Å². The van der Waals surface area contributed by atoms with Gasteiger partial charge in [-0.05, 0) is 11.5 Å². The zero-order chi connectivity index (χ0) is 19.7. The molecule has 3 heterocycles. The van der Waals surface area contributed by atoms with Gasteiger partial charge in [0.05, 0.1) is 12.0 Å². The van der Waals surface area contributed by atoms with Crippen LogP contribution in [0.15, 0.2) is 42.2 Å². The van der Waals surface area contributed by atoms with E-state index in [-0.39, 0.29) is 12.5 Å². The lowest BCUT2D eigenvalue weighted by Crippen LogP contribution is -2.21. The Morgan fingerprint density at radius 3 is 2.64 bits per heavy atom. The third-order valence-corrected chi connectivity index (χ3v) is 6.69. The number of thiazole rings is 1. The Morgan fingerprint density at radius 2 is 2.00 bits per heavy atom. The van der Waals surface area contributed by atoms with Crippen molar-refractivity contribution in [3.8, 4) is 10.6 Å². The smallest absolute Gasteiger partial charge is 0.123 e. The number of nitrogens with zero attached hydrogens (tertiary/aromatic N) is 4. The molecule has 148 valence electrons. The number of aryl methyl sites for hydroxylation is 1. The third-order valence-electron chi connectivity index (χ3n) is 5.75. The molecule has 1 aromatic carbocycles. The van der Waals surface area contributed by atoms with Crippen LogP contribution in [0.2, 0.25) is 0 Å². The lowest BCUT2D eigenvalue weighted by Gasteiger charge is -2.16. The number of aliphatic hydroxyl groups excluding tert-OH is 1. The first kappa shape index (κ1) is 19.3. The monoisotopic (exact) mass is 396 g/mol. The summed E-state index contributed by atoms with van der Waals surface area (Å²) < 4.78 is 2.07. The van der Waals surface area contributed by atoms with Crippen LogP contribution in [-0.4, -0.2) is 44.2 Å². The molecule has 0 saturated carbocycles. The molecule has 0 aliphatic carbocycles. The fraction of sp³-hybridized carbons (Fsp3) is 0.455. The van der Waals surface area contributed by atoms with Gasteiger partial charge in [-0.15, -0.1) is 11.3 Å². The van der Waals surface area contributed by atoms with Gasteiger partial charge in [0.15, 0.2) is 0 Å². The Morgan fingerprint density at radius 1 is 1.21 bits per heavy atom. The second-order valence-electron chi connectivity index (χ2n) is 8.09. The quantitative estimate of drug-likeness (QED) is 0.687. The highest BCUT2D eigenvalue weighted by molar-refractivity contribution is 7.13. The zero-order valence-corrected chi connectivity index (χ0v) is 17.6. The molecular weight excluding hydrogens is 368 g/mol. The van der Waals surface area contributed by atoms with Gasteiger partial charge >= 0.3 is 0 Å². The molecular formula is C22H28N4OS. The zero-order valence-electron chi connectivity index (χ0n) is 16.7. The minimum atomic E-state index is 0.205. The van der Waals surface area contributed by atoms with Crippen molar-refractivity contribution in [1.82, 2.24) is 19.4 Å². The highest BCUT2D eigenvalue weighted by Crippen LogP contribution is 2.33. The topological polar surface area (TPSA) is 54.2 Å². The lowest BCUT2D eigenvalue weighted by atomic mass is 9.94. The summed E-state index contributed by atoms with van der Waals surface area (Å²) in [7, 11) is 2.02. The number of imidazole rings is 1. The Kier molecular flexibility index (Phi) is 5.62. The van der Waals surface area contributed by atoms with Crippen molar-refractivity contribution in [2.45, 2.75) is 32.2 Å². The molecule has 0 bridgehead atoms. The molecule has 1 aliphatic rings. The van der Waals surface area contributed by atoms with E-state index < -0.39 is 0 Å². The maximum absolute atomic E-state index is 9.85. The minimum absolute atomic E-state index is 0.205. The van der Waals surface area contributed by atoms with Gasteiger partial charge in [0.1, 0.15) is 5.01 Å². The molecule has 28 heavy (non-hydrogen) atoms. The second-order valence-corrected chi connectivity index (χ2v) is 8.95. The van der Waals surface area contributed by atoms with E-state index in [1.165, 1.54) is 16.8 Å². The van der Waals surface area contributed by atoms with E-state index >= 15 is 0 Å². The Bertz CT molecular complexity index is 915. The Labute approximate surface area is 170 Å². The molecule has 1 aliphatic heterocycles. The molecule has 0 amide bonds. The number of rotatable bonds is 6. The van der Waals surface area contributed by atoms with Crippen LogP contribution >= 0.6 is 11.3 Å². The molecule has 0 unspecified atom stereocenters. The molecule has 4 rings (SSSR count). The number of likely N-dealkylation sites (tertiary alicyclic amines) is 1. The van der Waals surface area contributed by atoms with Crippen LogP contribution in [0.3, 0.4) is 0 Å². The summed E-state index contributed by atoms with van der Waals surface area (Å²) in [5, 5.41) is 13.1. The summed E-state index contributed by atoms with van der Waals surface area (Å²) in [5.74, 6) is 1.11. The minimum Gasteiger partial charge on any atom is -0.396 e. The van der Waals surface area contributed by atoms with Crippen LogP contribution in [0.1, 0.15) is 42.6 Å². The van der Waals surface area contributed by atoms with Crippen LogP contribution in [0.5, 0.6) is 0 Å². The van der Waals surface area contributed by atoms with Gasteiger partial charge in [0.2, 0.25) is 0 Å². The number of aliphatic hydroxyl groups is 1. The van der Waals surface area contributed by atoms with Gasteiger partial charge in [-0.3, -0.25) is 4.90 Å². The SMILES string of the molecule is CC(C)c1ccc(-c2nc(CN3C[C@@H](CO)[C@H](c4cncn4C)C3)cs2)cc1. The number of benzene rings is 1. The van der Waals surface area contributed by atoms with Crippen LogP contribution in [0.25, 0.3) is 10.6 Å². The van der Waals surface area contributed by atoms with Gasteiger partial charge in [-0.1, -0.05) is 38.1 Å². The molecule has 1 saturated heterocycles. The third kappa shape index (κ3) is 3.90. The van der Waals surface area contributed by atoms with E-state index in [4.69, 9.17) is 4.98 Å². The molecule has 2 aromatic heterocycles. The molecule has 6 heteroatoms. The predicted octanol–water partition coefficient (Wildman–Crippen LogP) is 3.87. The molecule has 1 N–H and O–H groups in total. The first-order valence-corrected chi connectivity index (χ1v) is 10.8. The van der Waals surface area contributed by atoms with E-state index in [9.17, 15) is 5.11 Å². The Balaban J connectivity index is 1.45. The van der Waals surface area contributed by atoms with Gasteiger partial charge in [0.25, 0.3) is 0 Å². The van der Waals surface area contributed by atoms with Crippen molar-refractivity contribution >= 4 is 11.3 Å². The molecule has 0 radical (unpaired) electrons. The summed E-state index contributed by atoms with van der Waals surface area (Å²) >= 11 is 1.71. The summed E-state index contributed by atoms with van der Waals surface area (Å²) in [5.41, 5.74) is 4.85. The van der Waals surface area contributed by atoms with Gasteiger partial charge in [0, 0.05) is 68.0 Å². The van der Waals surface area contributed by atoms with Gasteiger partial charge in [-0.2, -0.15) is 0 Å². The number of hydrogen-bond acceptors (Lipinski definition) is 5.